The fourth-order valence-corrected chi connectivity index (χ4v) is 4.61. The van der Waals surface area contributed by atoms with Gasteiger partial charge in [0.05, 0.1) is 31.4 Å². The Bertz CT molecular complexity index is 1550. The van der Waals surface area contributed by atoms with Crippen LogP contribution >= 0.6 is 0 Å². The molecule has 1 amide bonds. The summed E-state index contributed by atoms with van der Waals surface area (Å²) in [6.45, 7) is 1.55. The lowest BCUT2D eigenvalue weighted by atomic mass is 10.1. The van der Waals surface area contributed by atoms with Crippen LogP contribution in [0.5, 0.6) is 5.75 Å². The van der Waals surface area contributed by atoms with Gasteiger partial charge in [-0.3, -0.25) is 14.6 Å². The molecule has 2 atom stereocenters. The van der Waals surface area contributed by atoms with Crippen LogP contribution in [0.4, 0.5) is 8.78 Å². The molecule has 3 heterocycles. The third kappa shape index (κ3) is 5.81. The lowest BCUT2D eigenvalue weighted by molar-refractivity contribution is 0.0948. The molecule has 0 spiro atoms. The zero-order chi connectivity index (χ0) is 27.4. The van der Waals surface area contributed by atoms with Gasteiger partial charge < -0.3 is 24.5 Å². The highest BCUT2D eigenvalue weighted by molar-refractivity contribution is 5.94. The van der Waals surface area contributed by atoms with E-state index in [1.54, 1.807) is 12.3 Å². The average molecular weight is 536 g/mol. The molecule has 5 rings (SSSR count). The number of aliphatic hydroxyl groups excluding tert-OH is 1. The molecule has 2 aromatic carbocycles. The Balaban J connectivity index is 1.32. The monoisotopic (exact) mass is 535 g/mol. The number of hydrogen-bond donors (Lipinski definition) is 2. The smallest absolute Gasteiger partial charge is 0.264 e. The van der Waals surface area contributed by atoms with E-state index in [-0.39, 0.29) is 17.7 Å². The van der Waals surface area contributed by atoms with Crippen LogP contribution in [0.1, 0.15) is 33.9 Å². The third-order valence-electron chi connectivity index (χ3n) is 6.77. The molecular weight excluding hydrogens is 508 g/mol. The summed E-state index contributed by atoms with van der Waals surface area (Å²) in [5, 5.41) is 13.5. The Morgan fingerprint density at radius 2 is 2.05 bits per heavy atom. The molecule has 39 heavy (non-hydrogen) atoms. The molecule has 2 N–H and O–H groups in total. The number of halogens is 2. The largest absolute Gasteiger partial charge is 0.492 e. The van der Waals surface area contributed by atoms with Crippen molar-refractivity contribution in [1.29, 1.82) is 0 Å². The van der Waals surface area contributed by atoms with Gasteiger partial charge in [-0.25, -0.2) is 8.78 Å². The second-order valence-electron chi connectivity index (χ2n) is 9.39. The van der Waals surface area contributed by atoms with Crippen molar-refractivity contribution >= 4 is 16.8 Å². The number of ether oxygens (including phenoxy) is 2. The number of carbonyl (C=O) groups is 1. The fourth-order valence-electron chi connectivity index (χ4n) is 4.61. The van der Waals surface area contributed by atoms with Crippen LogP contribution in [0, 0.1) is 17.6 Å². The number of aromatic nitrogens is 2. The molecule has 1 fully saturated rings. The van der Waals surface area contributed by atoms with E-state index in [2.05, 4.69) is 10.3 Å². The van der Waals surface area contributed by atoms with Crippen LogP contribution in [0.25, 0.3) is 10.9 Å². The first kappa shape index (κ1) is 26.5. The third-order valence-corrected chi connectivity index (χ3v) is 6.77. The second kappa shape index (κ2) is 11.7. The molecular formula is C29H27F2N3O5. The molecule has 1 aliphatic rings. The molecule has 2 unspecified atom stereocenters. The Morgan fingerprint density at radius 3 is 2.82 bits per heavy atom. The molecule has 0 radical (unpaired) electrons. The van der Waals surface area contributed by atoms with Crippen molar-refractivity contribution in [2.45, 2.75) is 19.0 Å². The predicted molar refractivity (Wildman–Crippen MR) is 140 cm³/mol. The quantitative estimate of drug-likeness (QED) is 0.340. The Hall–Kier alpha value is -4.15. The molecule has 1 aliphatic heterocycles. The van der Waals surface area contributed by atoms with Crippen LogP contribution in [0.15, 0.2) is 71.8 Å². The van der Waals surface area contributed by atoms with Crippen LogP contribution in [-0.4, -0.2) is 47.0 Å². The topological polar surface area (TPSA) is 103 Å². The van der Waals surface area contributed by atoms with Gasteiger partial charge in [0.15, 0.2) is 11.6 Å². The van der Waals surface area contributed by atoms with Gasteiger partial charge in [0.25, 0.3) is 11.5 Å². The SMILES string of the molecule is O=C(NCc1ccc2nccc(OCC3CCOC3)c2c1)c1cccn(C(CO)c2ccc(F)c(F)c2)c1=O. The maximum atomic E-state index is 13.8. The maximum Gasteiger partial charge on any atom is 0.264 e. The lowest BCUT2D eigenvalue weighted by Gasteiger charge is -2.19. The molecule has 1 saturated heterocycles. The van der Waals surface area contributed by atoms with Gasteiger partial charge >= 0.3 is 0 Å². The van der Waals surface area contributed by atoms with Gasteiger partial charge in [-0.2, -0.15) is 0 Å². The van der Waals surface area contributed by atoms with E-state index in [0.717, 1.165) is 46.2 Å². The number of benzene rings is 2. The minimum Gasteiger partial charge on any atom is -0.492 e. The molecule has 0 saturated carbocycles. The lowest BCUT2D eigenvalue weighted by Crippen LogP contribution is -2.35. The van der Waals surface area contributed by atoms with Crippen molar-refractivity contribution in [3.8, 4) is 5.75 Å². The van der Waals surface area contributed by atoms with E-state index in [1.165, 1.54) is 24.4 Å². The van der Waals surface area contributed by atoms with Gasteiger partial charge in [0, 0.05) is 36.8 Å². The molecule has 0 aliphatic carbocycles. The number of rotatable bonds is 9. The molecule has 8 nitrogen and oxygen atoms in total. The highest BCUT2D eigenvalue weighted by Gasteiger charge is 2.20. The summed E-state index contributed by atoms with van der Waals surface area (Å²) in [4.78, 5) is 30.5. The molecule has 202 valence electrons. The van der Waals surface area contributed by atoms with E-state index in [1.807, 2.05) is 18.2 Å². The molecule has 4 aromatic rings. The Labute approximate surface area is 222 Å². The zero-order valence-corrected chi connectivity index (χ0v) is 21.0. The molecule has 0 bridgehead atoms. The number of nitrogens with one attached hydrogen (secondary N) is 1. The first-order chi connectivity index (χ1) is 18.9. The zero-order valence-electron chi connectivity index (χ0n) is 21.0. The summed E-state index contributed by atoms with van der Waals surface area (Å²) >= 11 is 0. The van der Waals surface area contributed by atoms with Gasteiger partial charge in [-0.15, -0.1) is 0 Å². The van der Waals surface area contributed by atoms with Gasteiger partial charge in [-0.1, -0.05) is 12.1 Å². The normalized spacial score (nSPS) is 15.8. The van der Waals surface area contributed by atoms with E-state index >= 15 is 0 Å². The molecule has 10 heteroatoms. The Kier molecular flexibility index (Phi) is 7.94. The minimum absolute atomic E-state index is 0.139. The van der Waals surface area contributed by atoms with E-state index in [9.17, 15) is 23.5 Å². The first-order valence-corrected chi connectivity index (χ1v) is 12.6. The van der Waals surface area contributed by atoms with Crippen molar-refractivity contribution in [3.63, 3.8) is 0 Å². The number of hydrogen-bond acceptors (Lipinski definition) is 6. The maximum absolute atomic E-state index is 13.8. The first-order valence-electron chi connectivity index (χ1n) is 12.6. The summed E-state index contributed by atoms with van der Waals surface area (Å²) in [5.41, 5.74) is 0.906. The van der Waals surface area contributed by atoms with Crippen LogP contribution in [0.3, 0.4) is 0 Å². The standard InChI is InChI=1S/C29H27F2N3O5/c30-23-5-4-20(13-24(23)31)26(15-35)34-10-1-2-21(29(34)37)28(36)33-14-18-3-6-25-22(12-18)27(7-9-32-25)39-17-19-8-11-38-16-19/h1-7,9-10,12-13,19,26,35H,8,11,14-17H2,(H,33,36). The van der Waals surface area contributed by atoms with Crippen LogP contribution in [0.2, 0.25) is 0 Å². The highest BCUT2D eigenvalue weighted by atomic mass is 19.2. The average Bonchev–Trinajstić information content (AvgIpc) is 3.47. The number of carbonyl (C=O) groups excluding carboxylic acids is 1. The van der Waals surface area contributed by atoms with Crippen molar-refractivity contribution in [2.24, 2.45) is 5.92 Å². The summed E-state index contributed by atoms with van der Waals surface area (Å²) in [5.74, 6) is -1.71. The van der Waals surface area contributed by atoms with Crippen LogP contribution in [-0.2, 0) is 11.3 Å². The van der Waals surface area contributed by atoms with Crippen molar-refractivity contribution in [1.82, 2.24) is 14.9 Å². The van der Waals surface area contributed by atoms with Gasteiger partial charge in [0.1, 0.15) is 11.3 Å². The number of nitrogens with zero attached hydrogens (tertiary/aromatic N) is 2. The minimum atomic E-state index is -1.10. The van der Waals surface area contributed by atoms with Gasteiger partial charge in [-0.05, 0) is 60.0 Å². The summed E-state index contributed by atoms with van der Waals surface area (Å²) in [7, 11) is 0. The van der Waals surface area contributed by atoms with Crippen LogP contribution < -0.4 is 15.6 Å². The molecule has 2 aromatic heterocycles. The number of amides is 1. The van der Waals surface area contributed by atoms with Crippen molar-refractivity contribution < 1.29 is 28.2 Å². The number of aliphatic hydroxyl groups is 1. The summed E-state index contributed by atoms with van der Waals surface area (Å²) in [6.07, 6.45) is 4.03. The second-order valence-corrected chi connectivity index (χ2v) is 9.39. The highest BCUT2D eigenvalue weighted by Crippen LogP contribution is 2.26. The summed E-state index contributed by atoms with van der Waals surface area (Å²) in [6, 6.07) is 12.3. The van der Waals surface area contributed by atoms with E-state index in [0.29, 0.717) is 24.9 Å². The predicted octanol–water partition coefficient (Wildman–Crippen LogP) is 3.60. The van der Waals surface area contributed by atoms with E-state index < -0.39 is 35.7 Å². The van der Waals surface area contributed by atoms with Gasteiger partial charge in [0.2, 0.25) is 0 Å². The summed E-state index contributed by atoms with van der Waals surface area (Å²) < 4.78 is 39.7. The number of fused-ring (bicyclic) bond motifs is 1. The fraction of sp³-hybridized carbons (Fsp3) is 0.276. The van der Waals surface area contributed by atoms with Crippen molar-refractivity contribution in [2.75, 3.05) is 26.4 Å². The number of pyridine rings is 2. The van der Waals surface area contributed by atoms with E-state index in [4.69, 9.17) is 9.47 Å². The Morgan fingerprint density at radius 1 is 1.18 bits per heavy atom. The van der Waals surface area contributed by atoms with Crippen molar-refractivity contribution in [3.05, 3.63) is 106 Å².